The summed E-state index contributed by atoms with van der Waals surface area (Å²) in [5.41, 5.74) is 0. The van der Waals surface area contributed by atoms with Gasteiger partial charge in [0.1, 0.15) is 0 Å². The van der Waals surface area contributed by atoms with Gasteiger partial charge in [0.15, 0.2) is 0 Å². The number of likely N-dealkylation sites (tertiary alicyclic amines) is 2. The molecular formula is C16H29N3O2. The van der Waals surface area contributed by atoms with Crippen molar-refractivity contribution in [3.05, 3.63) is 0 Å². The summed E-state index contributed by atoms with van der Waals surface area (Å²) in [5.74, 6) is 1.35. The molecule has 0 aromatic carbocycles. The molecule has 0 aliphatic carbocycles. The Hall–Kier alpha value is -1.10. The van der Waals surface area contributed by atoms with Crippen LogP contribution in [-0.2, 0) is 9.59 Å². The molecule has 2 rings (SSSR count). The van der Waals surface area contributed by atoms with E-state index in [0.29, 0.717) is 18.3 Å². The monoisotopic (exact) mass is 295 g/mol. The lowest BCUT2D eigenvalue weighted by Gasteiger charge is -2.33. The summed E-state index contributed by atoms with van der Waals surface area (Å²) in [6.07, 6.45) is 3.90. The van der Waals surface area contributed by atoms with E-state index in [1.165, 1.54) is 19.4 Å². The Bertz CT molecular complexity index is 371. The van der Waals surface area contributed by atoms with Gasteiger partial charge >= 0.3 is 0 Å². The van der Waals surface area contributed by atoms with Crippen molar-refractivity contribution in [1.82, 2.24) is 15.1 Å². The van der Waals surface area contributed by atoms with Crippen molar-refractivity contribution in [2.75, 3.05) is 39.3 Å². The van der Waals surface area contributed by atoms with E-state index >= 15 is 0 Å². The minimum atomic E-state index is -0.00812. The second kappa shape index (κ2) is 7.78. The van der Waals surface area contributed by atoms with Crippen molar-refractivity contribution in [3.63, 3.8) is 0 Å². The molecule has 2 saturated heterocycles. The number of amides is 2. The van der Waals surface area contributed by atoms with E-state index in [2.05, 4.69) is 24.1 Å². The first-order valence-corrected chi connectivity index (χ1v) is 8.31. The van der Waals surface area contributed by atoms with Gasteiger partial charge in [0, 0.05) is 32.6 Å². The summed E-state index contributed by atoms with van der Waals surface area (Å²) in [5, 5.41) is 3.01. The minimum absolute atomic E-state index is 0.00812. The van der Waals surface area contributed by atoms with Crippen molar-refractivity contribution >= 4 is 11.8 Å². The van der Waals surface area contributed by atoms with Gasteiger partial charge in [-0.05, 0) is 37.6 Å². The van der Waals surface area contributed by atoms with Crippen LogP contribution in [0.25, 0.3) is 0 Å². The van der Waals surface area contributed by atoms with Gasteiger partial charge < -0.3 is 15.1 Å². The third-order valence-corrected chi connectivity index (χ3v) is 4.32. The Kier molecular flexibility index (Phi) is 6.03. The number of nitrogens with one attached hydrogen (secondary N) is 1. The van der Waals surface area contributed by atoms with Gasteiger partial charge in [0.2, 0.25) is 11.8 Å². The van der Waals surface area contributed by atoms with E-state index in [4.69, 9.17) is 0 Å². The number of carbonyl (C=O) groups excluding carboxylic acids is 2. The minimum Gasteiger partial charge on any atom is -0.354 e. The van der Waals surface area contributed by atoms with Crippen LogP contribution in [0.4, 0.5) is 0 Å². The van der Waals surface area contributed by atoms with Crippen LogP contribution in [0.1, 0.15) is 39.5 Å². The molecule has 2 aliphatic heterocycles. The van der Waals surface area contributed by atoms with E-state index in [9.17, 15) is 9.59 Å². The number of hydrogen-bond acceptors (Lipinski definition) is 3. The van der Waals surface area contributed by atoms with Crippen LogP contribution in [0.5, 0.6) is 0 Å². The zero-order valence-electron chi connectivity index (χ0n) is 13.4. The topological polar surface area (TPSA) is 52.7 Å². The third-order valence-electron chi connectivity index (χ3n) is 4.32. The number of nitrogens with zero attached hydrogens (tertiary/aromatic N) is 2. The van der Waals surface area contributed by atoms with Crippen molar-refractivity contribution < 1.29 is 9.59 Å². The van der Waals surface area contributed by atoms with Gasteiger partial charge in [-0.25, -0.2) is 0 Å². The molecule has 5 nitrogen and oxygen atoms in total. The fourth-order valence-corrected chi connectivity index (χ4v) is 3.36. The first kappa shape index (κ1) is 16.3. The fraction of sp³-hybridized carbons (Fsp3) is 0.875. The highest BCUT2D eigenvalue weighted by atomic mass is 16.2. The van der Waals surface area contributed by atoms with Gasteiger partial charge in [-0.2, -0.15) is 0 Å². The summed E-state index contributed by atoms with van der Waals surface area (Å²) in [4.78, 5) is 27.6. The lowest BCUT2D eigenvalue weighted by atomic mass is 9.97. The van der Waals surface area contributed by atoms with E-state index < -0.39 is 0 Å². The van der Waals surface area contributed by atoms with Crippen LogP contribution < -0.4 is 5.32 Å². The maximum Gasteiger partial charge on any atom is 0.239 e. The number of carbonyl (C=O) groups is 2. The standard InChI is InChI=1S/C16H29N3O2/c1-13(2)10-18-7-3-5-14(11-18)9-17-15(20)12-19-8-4-6-16(19)21/h13-14H,3-12H2,1-2H3,(H,17,20). The third kappa shape index (κ3) is 5.30. The number of piperidine rings is 1. The van der Waals surface area contributed by atoms with Crippen LogP contribution in [-0.4, -0.2) is 60.9 Å². The predicted molar refractivity (Wildman–Crippen MR) is 82.8 cm³/mol. The first-order chi connectivity index (χ1) is 10.0. The van der Waals surface area contributed by atoms with E-state index in [0.717, 1.165) is 32.6 Å². The Morgan fingerprint density at radius 3 is 2.81 bits per heavy atom. The second-order valence-corrected chi connectivity index (χ2v) is 6.88. The molecule has 0 radical (unpaired) electrons. The lowest BCUT2D eigenvalue weighted by Crippen LogP contribution is -2.44. The summed E-state index contributed by atoms with van der Waals surface area (Å²) >= 11 is 0. The molecule has 1 atom stereocenters. The maximum atomic E-state index is 11.9. The van der Waals surface area contributed by atoms with E-state index in [1.54, 1.807) is 4.90 Å². The largest absolute Gasteiger partial charge is 0.354 e. The summed E-state index contributed by atoms with van der Waals surface area (Å²) < 4.78 is 0. The smallest absolute Gasteiger partial charge is 0.239 e. The Morgan fingerprint density at radius 1 is 1.33 bits per heavy atom. The van der Waals surface area contributed by atoms with Gasteiger partial charge in [-0.3, -0.25) is 9.59 Å². The Morgan fingerprint density at radius 2 is 2.14 bits per heavy atom. The highest BCUT2D eigenvalue weighted by Gasteiger charge is 2.24. The fourth-order valence-electron chi connectivity index (χ4n) is 3.36. The zero-order chi connectivity index (χ0) is 15.2. The predicted octanol–water partition coefficient (Wildman–Crippen LogP) is 1.09. The molecule has 0 aromatic rings. The van der Waals surface area contributed by atoms with Crippen LogP contribution in [0.15, 0.2) is 0 Å². The van der Waals surface area contributed by atoms with E-state index in [1.807, 2.05) is 0 Å². The van der Waals surface area contributed by atoms with Crippen molar-refractivity contribution in [1.29, 1.82) is 0 Å². The molecule has 0 spiro atoms. The highest BCUT2D eigenvalue weighted by molar-refractivity contribution is 5.85. The molecule has 1 unspecified atom stereocenters. The zero-order valence-corrected chi connectivity index (χ0v) is 13.4. The van der Waals surface area contributed by atoms with Crippen LogP contribution in [0.3, 0.4) is 0 Å². The maximum absolute atomic E-state index is 11.9. The Labute approximate surface area is 128 Å². The quantitative estimate of drug-likeness (QED) is 0.798. The highest BCUT2D eigenvalue weighted by Crippen LogP contribution is 2.17. The molecule has 2 aliphatic rings. The first-order valence-electron chi connectivity index (χ1n) is 8.31. The molecule has 0 aromatic heterocycles. The normalized spacial score (nSPS) is 23.9. The van der Waals surface area contributed by atoms with Gasteiger partial charge in [-0.1, -0.05) is 13.8 Å². The molecule has 2 heterocycles. The molecule has 1 N–H and O–H groups in total. The van der Waals surface area contributed by atoms with Crippen LogP contribution in [0.2, 0.25) is 0 Å². The lowest BCUT2D eigenvalue weighted by molar-refractivity contribution is -0.133. The van der Waals surface area contributed by atoms with E-state index in [-0.39, 0.29) is 18.4 Å². The van der Waals surface area contributed by atoms with Gasteiger partial charge in [-0.15, -0.1) is 0 Å². The van der Waals surface area contributed by atoms with Gasteiger partial charge in [0.05, 0.1) is 6.54 Å². The molecule has 2 fully saturated rings. The summed E-state index contributed by atoms with van der Waals surface area (Å²) in [7, 11) is 0. The average molecular weight is 295 g/mol. The molecule has 0 bridgehead atoms. The molecule has 120 valence electrons. The summed E-state index contributed by atoms with van der Waals surface area (Å²) in [6, 6.07) is 0. The van der Waals surface area contributed by atoms with Crippen molar-refractivity contribution in [3.8, 4) is 0 Å². The van der Waals surface area contributed by atoms with Crippen LogP contribution in [0, 0.1) is 11.8 Å². The molecule has 0 saturated carbocycles. The van der Waals surface area contributed by atoms with Gasteiger partial charge in [0.25, 0.3) is 0 Å². The van der Waals surface area contributed by atoms with Crippen molar-refractivity contribution in [2.45, 2.75) is 39.5 Å². The Balaban J connectivity index is 1.67. The van der Waals surface area contributed by atoms with Crippen molar-refractivity contribution in [2.24, 2.45) is 11.8 Å². The number of rotatable bonds is 6. The molecule has 2 amide bonds. The number of hydrogen-bond donors (Lipinski definition) is 1. The summed E-state index contributed by atoms with van der Waals surface area (Å²) in [6.45, 7) is 9.63. The van der Waals surface area contributed by atoms with Crippen LogP contribution >= 0.6 is 0 Å². The molecule has 21 heavy (non-hydrogen) atoms. The SMILES string of the molecule is CC(C)CN1CCCC(CNC(=O)CN2CCCC2=O)C1. The second-order valence-electron chi connectivity index (χ2n) is 6.88. The molecule has 5 heteroatoms. The molecular weight excluding hydrogens is 266 g/mol. The average Bonchev–Trinajstić information content (AvgIpc) is 2.82.